The molecule has 1 amide bonds. The van der Waals surface area contributed by atoms with E-state index in [1.54, 1.807) is 18.7 Å². The van der Waals surface area contributed by atoms with Gasteiger partial charge in [0.1, 0.15) is 6.04 Å². The molecule has 2 heterocycles. The monoisotopic (exact) mass is 360 g/mol. The molecule has 0 spiro atoms. The Hall–Kier alpha value is -2.64. The Morgan fingerprint density at radius 3 is 2.62 bits per heavy atom. The standard InChI is InChI=1S/C18H24N4O4/c1-9-13(10(2)19-16-15(9)17(24)20-21(16)4)7-8-14(23)22(12-5-6-12)11(3)18(25)26/h11-12H,5-8H2,1-4H3,(H,20,24)(H,25,26). The van der Waals surface area contributed by atoms with Crippen LogP contribution in [0.15, 0.2) is 4.79 Å². The zero-order valence-electron chi connectivity index (χ0n) is 15.5. The summed E-state index contributed by atoms with van der Waals surface area (Å²) in [6, 6.07) is -0.789. The number of aryl methyl sites for hydroxylation is 3. The van der Waals surface area contributed by atoms with E-state index in [2.05, 4.69) is 10.1 Å². The van der Waals surface area contributed by atoms with Crippen LogP contribution in [0, 0.1) is 13.8 Å². The molecule has 1 atom stereocenters. The Morgan fingerprint density at radius 1 is 1.38 bits per heavy atom. The van der Waals surface area contributed by atoms with Gasteiger partial charge in [-0.3, -0.25) is 19.4 Å². The van der Waals surface area contributed by atoms with Gasteiger partial charge in [-0.15, -0.1) is 0 Å². The van der Waals surface area contributed by atoms with Gasteiger partial charge in [0, 0.05) is 25.2 Å². The Labute approximate surface area is 150 Å². The number of carboxylic acid groups (broad SMARTS) is 1. The molecule has 140 valence electrons. The van der Waals surface area contributed by atoms with Crippen molar-refractivity contribution in [1.29, 1.82) is 0 Å². The first kappa shape index (κ1) is 18.2. The third-order valence-corrected chi connectivity index (χ3v) is 5.17. The Balaban J connectivity index is 1.85. The number of H-pyrrole nitrogens is 1. The zero-order valence-corrected chi connectivity index (χ0v) is 15.5. The summed E-state index contributed by atoms with van der Waals surface area (Å²) < 4.78 is 1.59. The molecule has 0 radical (unpaired) electrons. The molecule has 0 aromatic carbocycles. The lowest BCUT2D eigenvalue weighted by atomic mass is 10.00. The summed E-state index contributed by atoms with van der Waals surface area (Å²) in [5.74, 6) is -1.15. The Bertz CT molecular complexity index is 939. The number of pyridine rings is 1. The molecule has 2 aromatic rings. The number of carbonyl (C=O) groups excluding carboxylic acids is 1. The number of carboxylic acids is 1. The molecule has 0 aliphatic heterocycles. The summed E-state index contributed by atoms with van der Waals surface area (Å²) in [6.45, 7) is 5.28. The smallest absolute Gasteiger partial charge is 0.326 e. The van der Waals surface area contributed by atoms with Crippen molar-refractivity contribution in [3.63, 3.8) is 0 Å². The minimum Gasteiger partial charge on any atom is -0.480 e. The molecule has 8 heteroatoms. The molecule has 1 fully saturated rings. The van der Waals surface area contributed by atoms with E-state index in [4.69, 9.17) is 0 Å². The van der Waals surface area contributed by atoms with E-state index in [9.17, 15) is 19.5 Å². The lowest BCUT2D eigenvalue weighted by Crippen LogP contribution is -2.44. The van der Waals surface area contributed by atoms with Crippen LogP contribution in [-0.4, -0.2) is 48.7 Å². The van der Waals surface area contributed by atoms with Crippen molar-refractivity contribution >= 4 is 22.9 Å². The molecule has 2 N–H and O–H groups in total. The van der Waals surface area contributed by atoms with Crippen LogP contribution >= 0.6 is 0 Å². The topological polar surface area (TPSA) is 108 Å². The number of aromatic nitrogens is 3. The first-order valence-corrected chi connectivity index (χ1v) is 8.81. The summed E-state index contributed by atoms with van der Waals surface area (Å²) in [5, 5.41) is 12.5. The van der Waals surface area contributed by atoms with Crippen LogP contribution in [-0.2, 0) is 23.1 Å². The van der Waals surface area contributed by atoms with Gasteiger partial charge in [-0.05, 0) is 51.2 Å². The fourth-order valence-electron chi connectivity index (χ4n) is 3.58. The van der Waals surface area contributed by atoms with E-state index >= 15 is 0 Å². The highest BCUT2D eigenvalue weighted by Crippen LogP contribution is 2.30. The van der Waals surface area contributed by atoms with Crippen LogP contribution in [0.5, 0.6) is 0 Å². The van der Waals surface area contributed by atoms with Crippen molar-refractivity contribution in [2.45, 2.75) is 58.5 Å². The molecular formula is C18H24N4O4. The third kappa shape index (κ3) is 3.11. The minimum atomic E-state index is -0.989. The van der Waals surface area contributed by atoms with Crippen molar-refractivity contribution in [3.05, 3.63) is 27.2 Å². The normalized spacial score (nSPS) is 15.2. The van der Waals surface area contributed by atoms with Crippen molar-refractivity contribution in [2.24, 2.45) is 7.05 Å². The highest BCUT2D eigenvalue weighted by atomic mass is 16.4. The van der Waals surface area contributed by atoms with Gasteiger partial charge < -0.3 is 10.0 Å². The molecule has 1 aliphatic rings. The summed E-state index contributed by atoms with van der Waals surface area (Å²) in [5.41, 5.74) is 2.88. The van der Waals surface area contributed by atoms with Crippen LogP contribution in [0.4, 0.5) is 0 Å². The van der Waals surface area contributed by atoms with E-state index in [0.29, 0.717) is 17.5 Å². The van der Waals surface area contributed by atoms with Gasteiger partial charge in [-0.25, -0.2) is 9.78 Å². The predicted octanol–water partition coefficient (Wildman–Crippen LogP) is 1.28. The van der Waals surface area contributed by atoms with Crippen molar-refractivity contribution in [2.75, 3.05) is 0 Å². The number of nitrogens with zero attached hydrogens (tertiary/aromatic N) is 3. The van der Waals surface area contributed by atoms with E-state index in [1.165, 1.54) is 4.90 Å². The third-order valence-electron chi connectivity index (χ3n) is 5.17. The Morgan fingerprint density at radius 2 is 2.04 bits per heavy atom. The fourth-order valence-corrected chi connectivity index (χ4v) is 3.58. The maximum absolute atomic E-state index is 12.7. The second kappa shape index (κ2) is 6.59. The van der Waals surface area contributed by atoms with Gasteiger partial charge in [0.25, 0.3) is 5.56 Å². The number of fused-ring (bicyclic) bond motifs is 1. The molecule has 0 saturated heterocycles. The molecule has 1 aliphatic carbocycles. The van der Waals surface area contributed by atoms with Gasteiger partial charge in [-0.1, -0.05) is 0 Å². The van der Waals surface area contributed by atoms with Crippen LogP contribution in [0.25, 0.3) is 11.0 Å². The number of amides is 1. The van der Waals surface area contributed by atoms with Crippen LogP contribution in [0.3, 0.4) is 0 Å². The van der Waals surface area contributed by atoms with Gasteiger partial charge in [0.15, 0.2) is 5.65 Å². The number of hydrogen-bond acceptors (Lipinski definition) is 4. The molecule has 3 rings (SSSR count). The average molecular weight is 360 g/mol. The molecule has 1 saturated carbocycles. The molecule has 2 aromatic heterocycles. The maximum atomic E-state index is 12.7. The SMILES string of the molecule is Cc1nc2c(c(C)c1CCC(=O)N(C1CC1)C(C)C(=O)O)c(=O)[nH]n2C. The van der Waals surface area contributed by atoms with E-state index in [0.717, 1.165) is 29.7 Å². The van der Waals surface area contributed by atoms with Crippen LogP contribution in [0.2, 0.25) is 0 Å². The molecular weight excluding hydrogens is 336 g/mol. The highest BCUT2D eigenvalue weighted by Gasteiger charge is 2.38. The molecule has 8 nitrogen and oxygen atoms in total. The summed E-state index contributed by atoms with van der Waals surface area (Å²) >= 11 is 0. The van der Waals surface area contributed by atoms with Gasteiger partial charge in [-0.2, -0.15) is 0 Å². The predicted molar refractivity (Wildman–Crippen MR) is 96.1 cm³/mol. The molecule has 26 heavy (non-hydrogen) atoms. The number of nitrogens with one attached hydrogen (secondary N) is 1. The minimum absolute atomic E-state index is 0.0355. The number of rotatable bonds is 6. The van der Waals surface area contributed by atoms with Crippen LogP contribution in [0.1, 0.15) is 43.0 Å². The number of carbonyl (C=O) groups is 2. The van der Waals surface area contributed by atoms with E-state index in [-0.39, 0.29) is 23.9 Å². The zero-order chi connectivity index (χ0) is 19.2. The summed E-state index contributed by atoms with van der Waals surface area (Å²) in [6.07, 6.45) is 2.35. The first-order chi connectivity index (χ1) is 12.2. The fraction of sp³-hybridized carbons (Fsp3) is 0.556. The number of aromatic amines is 1. The maximum Gasteiger partial charge on any atom is 0.326 e. The van der Waals surface area contributed by atoms with E-state index < -0.39 is 12.0 Å². The second-order valence-electron chi connectivity index (χ2n) is 7.05. The van der Waals surface area contributed by atoms with Crippen molar-refractivity contribution in [1.82, 2.24) is 19.7 Å². The van der Waals surface area contributed by atoms with Gasteiger partial charge >= 0.3 is 5.97 Å². The second-order valence-corrected chi connectivity index (χ2v) is 7.05. The Kier molecular flexibility index (Phi) is 4.60. The van der Waals surface area contributed by atoms with Gasteiger partial charge in [0.05, 0.1) is 5.39 Å². The average Bonchev–Trinajstić information content (AvgIpc) is 3.33. The largest absolute Gasteiger partial charge is 0.480 e. The lowest BCUT2D eigenvalue weighted by molar-refractivity contribution is -0.150. The number of hydrogen-bond donors (Lipinski definition) is 2. The van der Waals surface area contributed by atoms with Gasteiger partial charge in [0.2, 0.25) is 5.91 Å². The molecule has 1 unspecified atom stereocenters. The lowest BCUT2D eigenvalue weighted by Gasteiger charge is -2.26. The highest BCUT2D eigenvalue weighted by molar-refractivity contribution is 5.84. The quantitative estimate of drug-likeness (QED) is 0.806. The summed E-state index contributed by atoms with van der Waals surface area (Å²) in [4.78, 5) is 42.1. The first-order valence-electron chi connectivity index (χ1n) is 8.81. The summed E-state index contributed by atoms with van der Waals surface area (Å²) in [7, 11) is 1.74. The van der Waals surface area contributed by atoms with E-state index in [1.807, 2.05) is 13.8 Å². The van der Waals surface area contributed by atoms with Crippen molar-refractivity contribution in [3.8, 4) is 0 Å². The van der Waals surface area contributed by atoms with Crippen molar-refractivity contribution < 1.29 is 14.7 Å². The van der Waals surface area contributed by atoms with Crippen LogP contribution < -0.4 is 5.56 Å². The molecule has 0 bridgehead atoms. The number of aliphatic carboxylic acids is 1.